The van der Waals surface area contributed by atoms with E-state index in [0.717, 1.165) is 32.5 Å². The number of nitrogens with zero attached hydrogens (tertiary/aromatic N) is 2. The first kappa shape index (κ1) is 15.7. The summed E-state index contributed by atoms with van der Waals surface area (Å²) < 4.78 is 31.0. The molecule has 2 heterocycles. The van der Waals surface area contributed by atoms with Gasteiger partial charge in [0.1, 0.15) is 0 Å². The molecule has 0 aromatic heterocycles. The minimum atomic E-state index is -3.13. The highest BCUT2D eigenvalue weighted by Crippen LogP contribution is 2.33. The molecule has 0 aromatic carbocycles. The summed E-state index contributed by atoms with van der Waals surface area (Å²) >= 11 is 0. The molecule has 0 aromatic rings. The summed E-state index contributed by atoms with van der Waals surface area (Å²) in [4.78, 5) is 0. The number of sulfonamides is 1. The first-order chi connectivity index (χ1) is 9.56. The molecular formula is C14H24N2O3S. The van der Waals surface area contributed by atoms with E-state index in [4.69, 9.17) is 4.74 Å². The summed E-state index contributed by atoms with van der Waals surface area (Å²) in [5.74, 6) is 0.905. The van der Waals surface area contributed by atoms with E-state index in [1.807, 2.05) is 0 Å². The van der Waals surface area contributed by atoms with Gasteiger partial charge >= 0.3 is 0 Å². The van der Waals surface area contributed by atoms with Crippen LogP contribution in [-0.4, -0.2) is 44.8 Å². The third-order valence-corrected chi connectivity index (χ3v) is 6.45. The largest absolute Gasteiger partial charge is 0.381 e. The second-order valence-corrected chi connectivity index (χ2v) is 8.09. The molecule has 0 bridgehead atoms. The van der Waals surface area contributed by atoms with Gasteiger partial charge < -0.3 is 4.74 Å². The number of nitriles is 1. The van der Waals surface area contributed by atoms with Crippen LogP contribution >= 0.6 is 0 Å². The second kappa shape index (κ2) is 6.88. The lowest BCUT2D eigenvalue weighted by atomic mass is 9.79. The lowest BCUT2D eigenvalue weighted by molar-refractivity contribution is 0.0515. The van der Waals surface area contributed by atoms with Gasteiger partial charge in [0, 0.05) is 26.3 Å². The maximum atomic E-state index is 12.0. The molecule has 2 saturated heterocycles. The predicted octanol–water partition coefficient (Wildman–Crippen LogP) is 1.61. The Morgan fingerprint density at radius 1 is 1.30 bits per heavy atom. The fourth-order valence-corrected chi connectivity index (χ4v) is 4.42. The van der Waals surface area contributed by atoms with E-state index < -0.39 is 10.0 Å². The van der Waals surface area contributed by atoms with Gasteiger partial charge in [0.05, 0.1) is 17.7 Å². The highest BCUT2D eigenvalue weighted by molar-refractivity contribution is 7.89. The lowest BCUT2D eigenvalue weighted by Gasteiger charge is -2.37. The van der Waals surface area contributed by atoms with Crippen LogP contribution in [0.15, 0.2) is 0 Å². The van der Waals surface area contributed by atoms with Crippen LogP contribution in [0.2, 0.25) is 0 Å². The van der Waals surface area contributed by atoms with Gasteiger partial charge in [-0.2, -0.15) is 5.26 Å². The fourth-order valence-electron chi connectivity index (χ4n) is 3.25. The molecule has 2 unspecified atom stereocenters. The van der Waals surface area contributed by atoms with E-state index in [-0.39, 0.29) is 17.6 Å². The Kier molecular flexibility index (Phi) is 5.42. The summed E-state index contributed by atoms with van der Waals surface area (Å²) in [7, 11) is -3.13. The van der Waals surface area contributed by atoms with E-state index in [9.17, 15) is 13.7 Å². The Balaban J connectivity index is 2.01. The third-order valence-electron chi connectivity index (χ3n) is 4.60. The zero-order valence-electron chi connectivity index (χ0n) is 12.1. The van der Waals surface area contributed by atoms with Gasteiger partial charge in [-0.15, -0.1) is 0 Å². The summed E-state index contributed by atoms with van der Waals surface area (Å²) in [5, 5.41) is 9.29. The molecule has 0 aliphatic carbocycles. The standard InChI is InChI=1S/C14H24N2O3S/c1-2-20(17,18)16-6-3-13(10-15)14(11-16)9-12-4-7-19-8-5-12/h12-14H,2-9,11H2,1H3. The highest BCUT2D eigenvalue weighted by Gasteiger charge is 2.35. The Bertz CT molecular complexity index is 452. The molecule has 2 fully saturated rings. The van der Waals surface area contributed by atoms with E-state index in [1.165, 1.54) is 0 Å². The van der Waals surface area contributed by atoms with Crippen LogP contribution in [0, 0.1) is 29.1 Å². The smallest absolute Gasteiger partial charge is 0.213 e. The normalized spacial score (nSPS) is 30.0. The van der Waals surface area contributed by atoms with Crippen molar-refractivity contribution in [3.8, 4) is 6.07 Å². The molecular weight excluding hydrogens is 276 g/mol. The summed E-state index contributed by atoms with van der Waals surface area (Å²) in [6.45, 7) is 4.29. The van der Waals surface area contributed by atoms with E-state index in [1.54, 1.807) is 11.2 Å². The topological polar surface area (TPSA) is 70.4 Å². The van der Waals surface area contributed by atoms with E-state index in [2.05, 4.69) is 6.07 Å². The molecule has 0 spiro atoms. The molecule has 0 saturated carbocycles. The van der Waals surface area contributed by atoms with Crippen LogP contribution in [0.25, 0.3) is 0 Å². The number of hydrogen-bond donors (Lipinski definition) is 0. The van der Waals surface area contributed by atoms with Crippen molar-refractivity contribution < 1.29 is 13.2 Å². The molecule has 0 amide bonds. The van der Waals surface area contributed by atoms with Gasteiger partial charge in [-0.25, -0.2) is 12.7 Å². The Hall–Kier alpha value is -0.640. The summed E-state index contributed by atoms with van der Waals surface area (Å²) in [6.07, 6.45) is 3.70. The van der Waals surface area contributed by atoms with Gasteiger partial charge in [0.15, 0.2) is 0 Å². The molecule has 2 atom stereocenters. The number of rotatable bonds is 4. The van der Waals surface area contributed by atoms with Crippen molar-refractivity contribution in [1.29, 1.82) is 5.26 Å². The number of piperidine rings is 1. The predicted molar refractivity (Wildman–Crippen MR) is 76.4 cm³/mol. The molecule has 0 N–H and O–H groups in total. The molecule has 20 heavy (non-hydrogen) atoms. The SMILES string of the molecule is CCS(=O)(=O)N1CCC(C#N)C(CC2CCOCC2)C1. The van der Waals surface area contributed by atoms with E-state index >= 15 is 0 Å². The monoisotopic (exact) mass is 300 g/mol. The quantitative estimate of drug-likeness (QED) is 0.791. The van der Waals surface area contributed by atoms with Crippen molar-refractivity contribution >= 4 is 10.0 Å². The zero-order chi connectivity index (χ0) is 14.6. The van der Waals surface area contributed by atoms with Crippen molar-refractivity contribution in [2.45, 2.75) is 32.6 Å². The van der Waals surface area contributed by atoms with Gasteiger partial charge in [0.25, 0.3) is 0 Å². The maximum Gasteiger partial charge on any atom is 0.213 e. The van der Waals surface area contributed by atoms with Crippen molar-refractivity contribution in [3.05, 3.63) is 0 Å². The summed E-state index contributed by atoms with van der Waals surface area (Å²) in [6, 6.07) is 2.38. The van der Waals surface area contributed by atoms with Gasteiger partial charge in [-0.3, -0.25) is 0 Å². The highest BCUT2D eigenvalue weighted by atomic mass is 32.2. The Morgan fingerprint density at radius 3 is 2.60 bits per heavy atom. The van der Waals surface area contributed by atoms with Crippen LogP contribution in [0.3, 0.4) is 0 Å². The van der Waals surface area contributed by atoms with Crippen molar-refractivity contribution in [1.82, 2.24) is 4.31 Å². The number of ether oxygens (including phenoxy) is 1. The second-order valence-electron chi connectivity index (χ2n) is 5.83. The molecule has 6 heteroatoms. The maximum absolute atomic E-state index is 12.0. The molecule has 5 nitrogen and oxygen atoms in total. The first-order valence-electron chi connectivity index (χ1n) is 7.52. The minimum absolute atomic E-state index is 0.00107. The minimum Gasteiger partial charge on any atom is -0.381 e. The molecule has 2 rings (SSSR count). The van der Waals surface area contributed by atoms with Crippen LogP contribution in [-0.2, 0) is 14.8 Å². The molecule has 2 aliphatic rings. The molecule has 114 valence electrons. The Labute approximate surface area is 121 Å². The van der Waals surface area contributed by atoms with Gasteiger partial charge in [-0.05, 0) is 44.4 Å². The average molecular weight is 300 g/mol. The molecule has 0 radical (unpaired) electrons. The van der Waals surface area contributed by atoms with Crippen molar-refractivity contribution in [3.63, 3.8) is 0 Å². The van der Waals surface area contributed by atoms with Crippen molar-refractivity contribution in [2.75, 3.05) is 32.1 Å². The number of hydrogen-bond acceptors (Lipinski definition) is 4. The van der Waals surface area contributed by atoms with Crippen LogP contribution in [0.1, 0.15) is 32.6 Å². The van der Waals surface area contributed by atoms with Gasteiger partial charge in [-0.1, -0.05) is 0 Å². The summed E-state index contributed by atoms with van der Waals surface area (Å²) in [5.41, 5.74) is 0. The van der Waals surface area contributed by atoms with Crippen LogP contribution in [0.5, 0.6) is 0 Å². The van der Waals surface area contributed by atoms with Crippen LogP contribution < -0.4 is 0 Å². The third kappa shape index (κ3) is 3.72. The Morgan fingerprint density at radius 2 is 2.00 bits per heavy atom. The van der Waals surface area contributed by atoms with E-state index in [0.29, 0.717) is 25.4 Å². The zero-order valence-corrected chi connectivity index (χ0v) is 12.9. The average Bonchev–Trinajstić information content (AvgIpc) is 2.48. The van der Waals surface area contributed by atoms with Gasteiger partial charge in [0.2, 0.25) is 10.0 Å². The fraction of sp³-hybridized carbons (Fsp3) is 0.929. The molecule has 2 aliphatic heterocycles. The van der Waals surface area contributed by atoms with Crippen molar-refractivity contribution in [2.24, 2.45) is 17.8 Å². The van der Waals surface area contributed by atoms with Crippen LogP contribution in [0.4, 0.5) is 0 Å². The first-order valence-corrected chi connectivity index (χ1v) is 9.13. The lowest BCUT2D eigenvalue weighted by Crippen LogP contribution is -2.44.